The Bertz CT molecular complexity index is 584. The highest BCUT2D eigenvalue weighted by molar-refractivity contribution is 9.10. The highest BCUT2D eigenvalue weighted by Gasteiger charge is 2.09. The van der Waals surface area contributed by atoms with E-state index in [9.17, 15) is 4.79 Å². The summed E-state index contributed by atoms with van der Waals surface area (Å²) in [5.74, 6) is -0.00715. The van der Waals surface area contributed by atoms with Crippen molar-refractivity contribution in [3.05, 3.63) is 50.6 Å². The van der Waals surface area contributed by atoms with Crippen LogP contribution in [0.15, 0.2) is 39.5 Å². The molecule has 106 valence electrons. The van der Waals surface area contributed by atoms with Crippen molar-refractivity contribution in [1.29, 1.82) is 0 Å². The van der Waals surface area contributed by atoms with Crippen LogP contribution in [0.2, 0.25) is 0 Å². The second kappa shape index (κ2) is 7.02. The quantitative estimate of drug-likeness (QED) is 0.885. The molecule has 0 saturated carbocycles. The molecule has 1 amide bonds. The number of thiophene rings is 1. The summed E-state index contributed by atoms with van der Waals surface area (Å²) in [6, 6.07) is 7.96. The average molecular weight is 353 g/mol. The molecule has 0 aliphatic heterocycles. The minimum Gasteiger partial charge on any atom is -0.324 e. The maximum Gasteiger partial charge on any atom is 0.238 e. The summed E-state index contributed by atoms with van der Waals surface area (Å²) in [5, 5.41) is 7.07. The van der Waals surface area contributed by atoms with E-state index < -0.39 is 0 Å². The molecule has 0 fully saturated rings. The molecule has 1 N–H and O–H groups in total. The van der Waals surface area contributed by atoms with Gasteiger partial charge in [0.25, 0.3) is 0 Å². The lowest BCUT2D eigenvalue weighted by molar-refractivity contribution is -0.117. The zero-order valence-electron chi connectivity index (χ0n) is 11.5. The highest BCUT2D eigenvalue weighted by atomic mass is 79.9. The molecular formula is C15H17BrN2OS. The van der Waals surface area contributed by atoms with Gasteiger partial charge in [0.15, 0.2) is 0 Å². The summed E-state index contributed by atoms with van der Waals surface area (Å²) < 4.78 is 0.909. The van der Waals surface area contributed by atoms with E-state index in [2.05, 4.69) is 32.7 Å². The summed E-state index contributed by atoms with van der Waals surface area (Å²) in [6.07, 6.45) is 0. The first-order chi connectivity index (χ1) is 9.54. The molecule has 1 aromatic heterocycles. The van der Waals surface area contributed by atoms with Gasteiger partial charge in [0.2, 0.25) is 5.91 Å². The summed E-state index contributed by atoms with van der Waals surface area (Å²) in [5.41, 5.74) is 3.20. The van der Waals surface area contributed by atoms with E-state index in [1.807, 2.05) is 42.5 Å². The summed E-state index contributed by atoms with van der Waals surface area (Å²) >= 11 is 5.14. The number of nitrogens with zero attached hydrogens (tertiary/aromatic N) is 1. The molecule has 0 saturated heterocycles. The number of carbonyl (C=O) groups is 1. The van der Waals surface area contributed by atoms with Crippen molar-refractivity contribution in [3.63, 3.8) is 0 Å². The topological polar surface area (TPSA) is 32.3 Å². The van der Waals surface area contributed by atoms with Crippen LogP contribution in [0.25, 0.3) is 0 Å². The molecular weight excluding hydrogens is 336 g/mol. The Kier molecular flexibility index (Phi) is 5.34. The van der Waals surface area contributed by atoms with Crippen LogP contribution in [0.1, 0.15) is 11.1 Å². The van der Waals surface area contributed by atoms with E-state index in [-0.39, 0.29) is 5.91 Å². The standard InChI is InChI=1S/C15H17BrN2OS/c1-11-3-4-14(13(16)7-11)17-15(19)9-18(2)8-12-5-6-20-10-12/h3-7,10H,8-9H2,1-2H3,(H,17,19). The third kappa shape index (κ3) is 4.44. The van der Waals surface area contributed by atoms with Gasteiger partial charge < -0.3 is 5.32 Å². The molecule has 20 heavy (non-hydrogen) atoms. The van der Waals surface area contributed by atoms with Crippen molar-refractivity contribution >= 4 is 38.9 Å². The average Bonchev–Trinajstić information content (AvgIpc) is 2.85. The van der Waals surface area contributed by atoms with Crippen LogP contribution >= 0.6 is 27.3 Å². The Hall–Kier alpha value is -1.17. The molecule has 0 aliphatic carbocycles. The maximum absolute atomic E-state index is 12.0. The van der Waals surface area contributed by atoms with Gasteiger partial charge in [-0.15, -0.1) is 0 Å². The van der Waals surface area contributed by atoms with Gasteiger partial charge in [-0.3, -0.25) is 9.69 Å². The lowest BCUT2D eigenvalue weighted by atomic mass is 10.2. The van der Waals surface area contributed by atoms with Crippen molar-refractivity contribution < 1.29 is 4.79 Å². The number of amides is 1. The van der Waals surface area contributed by atoms with E-state index in [1.54, 1.807) is 11.3 Å². The fraction of sp³-hybridized carbons (Fsp3) is 0.267. The van der Waals surface area contributed by atoms with Crippen molar-refractivity contribution in [3.8, 4) is 0 Å². The van der Waals surface area contributed by atoms with Gasteiger partial charge in [-0.1, -0.05) is 6.07 Å². The zero-order valence-corrected chi connectivity index (χ0v) is 13.9. The normalized spacial score (nSPS) is 10.8. The molecule has 2 aromatic rings. The van der Waals surface area contributed by atoms with Crippen LogP contribution in [0.5, 0.6) is 0 Å². The number of hydrogen-bond donors (Lipinski definition) is 1. The molecule has 5 heteroatoms. The van der Waals surface area contributed by atoms with E-state index in [1.165, 1.54) is 5.56 Å². The number of hydrogen-bond acceptors (Lipinski definition) is 3. The fourth-order valence-corrected chi connectivity index (χ4v) is 3.16. The first-order valence-electron chi connectivity index (χ1n) is 6.30. The predicted molar refractivity (Wildman–Crippen MR) is 88.2 cm³/mol. The minimum absolute atomic E-state index is 0.00715. The number of rotatable bonds is 5. The molecule has 2 rings (SSSR count). The number of nitrogens with one attached hydrogen (secondary N) is 1. The van der Waals surface area contributed by atoms with Gasteiger partial charge in [0, 0.05) is 11.0 Å². The van der Waals surface area contributed by atoms with Crippen LogP contribution < -0.4 is 5.32 Å². The lowest BCUT2D eigenvalue weighted by Gasteiger charge is -2.16. The molecule has 1 aromatic carbocycles. The largest absolute Gasteiger partial charge is 0.324 e. The molecule has 1 heterocycles. The first-order valence-corrected chi connectivity index (χ1v) is 8.04. The SMILES string of the molecule is Cc1ccc(NC(=O)CN(C)Cc2ccsc2)c(Br)c1. The smallest absolute Gasteiger partial charge is 0.238 e. The van der Waals surface area contributed by atoms with E-state index >= 15 is 0 Å². The fourth-order valence-electron chi connectivity index (χ4n) is 1.91. The number of aryl methyl sites for hydroxylation is 1. The van der Waals surface area contributed by atoms with Crippen molar-refractivity contribution in [2.75, 3.05) is 18.9 Å². The molecule has 3 nitrogen and oxygen atoms in total. The second-order valence-electron chi connectivity index (χ2n) is 4.84. The van der Waals surface area contributed by atoms with Crippen molar-refractivity contribution in [2.24, 2.45) is 0 Å². The Morgan fingerprint density at radius 2 is 2.20 bits per heavy atom. The Balaban J connectivity index is 1.88. The third-order valence-corrected chi connectivity index (χ3v) is 4.23. The molecule has 0 aliphatic rings. The zero-order chi connectivity index (χ0) is 14.5. The highest BCUT2D eigenvalue weighted by Crippen LogP contribution is 2.23. The Morgan fingerprint density at radius 3 is 2.85 bits per heavy atom. The lowest BCUT2D eigenvalue weighted by Crippen LogP contribution is -2.29. The van der Waals surface area contributed by atoms with E-state index in [0.717, 1.165) is 22.3 Å². The van der Waals surface area contributed by atoms with Gasteiger partial charge in [0.05, 0.1) is 12.2 Å². The third-order valence-electron chi connectivity index (χ3n) is 2.84. The molecule has 0 bridgehead atoms. The van der Waals surface area contributed by atoms with Crippen LogP contribution in [0, 0.1) is 6.92 Å². The first kappa shape index (κ1) is 15.2. The summed E-state index contributed by atoms with van der Waals surface area (Å²) in [7, 11) is 1.95. The van der Waals surface area contributed by atoms with Crippen molar-refractivity contribution in [1.82, 2.24) is 4.90 Å². The summed E-state index contributed by atoms with van der Waals surface area (Å²) in [6.45, 7) is 3.17. The number of halogens is 1. The Labute approximate surface area is 131 Å². The van der Waals surface area contributed by atoms with Gasteiger partial charge in [-0.05, 0) is 70.0 Å². The van der Waals surface area contributed by atoms with Crippen LogP contribution in [-0.2, 0) is 11.3 Å². The van der Waals surface area contributed by atoms with Gasteiger partial charge in [0.1, 0.15) is 0 Å². The number of anilines is 1. The minimum atomic E-state index is -0.00715. The summed E-state index contributed by atoms with van der Waals surface area (Å²) in [4.78, 5) is 14.0. The number of benzene rings is 1. The second-order valence-corrected chi connectivity index (χ2v) is 6.47. The maximum atomic E-state index is 12.0. The van der Waals surface area contributed by atoms with Crippen molar-refractivity contribution in [2.45, 2.75) is 13.5 Å². The molecule has 0 unspecified atom stereocenters. The van der Waals surface area contributed by atoms with Crippen LogP contribution in [-0.4, -0.2) is 24.4 Å². The molecule has 0 atom stereocenters. The number of likely N-dealkylation sites (N-methyl/N-ethyl adjacent to an activating group) is 1. The van der Waals surface area contributed by atoms with E-state index in [0.29, 0.717) is 6.54 Å². The number of carbonyl (C=O) groups excluding carboxylic acids is 1. The van der Waals surface area contributed by atoms with Crippen LogP contribution in [0.4, 0.5) is 5.69 Å². The van der Waals surface area contributed by atoms with E-state index in [4.69, 9.17) is 0 Å². The van der Waals surface area contributed by atoms with Crippen LogP contribution in [0.3, 0.4) is 0 Å². The van der Waals surface area contributed by atoms with Gasteiger partial charge in [-0.25, -0.2) is 0 Å². The van der Waals surface area contributed by atoms with Gasteiger partial charge >= 0.3 is 0 Å². The molecule has 0 spiro atoms. The predicted octanol–water partition coefficient (Wildman–Crippen LogP) is 3.89. The monoisotopic (exact) mass is 352 g/mol. The molecule has 0 radical (unpaired) electrons. The Morgan fingerprint density at radius 1 is 1.40 bits per heavy atom. The van der Waals surface area contributed by atoms with Gasteiger partial charge in [-0.2, -0.15) is 11.3 Å².